The highest BCUT2D eigenvalue weighted by molar-refractivity contribution is 7.47. The Balaban J connectivity index is 3.75. The van der Waals surface area contributed by atoms with E-state index in [-0.39, 0.29) is 12.8 Å². The lowest BCUT2D eigenvalue weighted by Gasteiger charge is -2.18. The number of esters is 1. The SMILES string of the molecule is CCCCCCCCCCCCCCCCCC(=O)OCC(O)COP(=O)(O)OCC(NC(=O)CC)C(=O)O. The number of phosphoric ester groups is 1. The fourth-order valence-electron chi connectivity index (χ4n) is 3.81. The van der Waals surface area contributed by atoms with Crippen molar-refractivity contribution in [1.82, 2.24) is 5.32 Å². The number of carbonyl (C=O) groups is 3. The van der Waals surface area contributed by atoms with E-state index in [2.05, 4.69) is 21.3 Å². The number of hydrogen-bond donors (Lipinski definition) is 4. The van der Waals surface area contributed by atoms with E-state index in [1.807, 2.05) is 0 Å². The molecule has 0 aliphatic rings. The van der Waals surface area contributed by atoms with Gasteiger partial charge in [0.25, 0.3) is 0 Å². The van der Waals surface area contributed by atoms with Gasteiger partial charge in [0.15, 0.2) is 6.04 Å². The van der Waals surface area contributed by atoms with E-state index < -0.39 is 57.6 Å². The molecule has 0 fully saturated rings. The Bertz CT molecular complexity index is 706. The van der Waals surface area contributed by atoms with Crippen molar-refractivity contribution in [3.05, 3.63) is 0 Å². The second-order valence-corrected chi connectivity index (χ2v) is 11.4. The topological polar surface area (TPSA) is 169 Å². The fourth-order valence-corrected chi connectivity index (χ4v) is 4.58. The van der Waals surface area contributed by atoms with Crippen LogP contribution in [-0.2, 0) is 32.7 Å². The van der Waals surface area contributed by atoms with Crippen LogP contribution < -0.4 is 5.32 Å². The lowest BCUT2D eigenvalue weighted by molar-refractivity contribution is -0.147. The van der Waals surface area contributed by atoms with Gasteiger partial charge in [0.1, 0.15) is 12.7 Å². The number of carbonyl (C=O) groups excluding carboxylic acids is 2. The molecule has 0 aliphatic carbocycles. The van der Waals surface area contributed by atoms with Crippen LogP contribution in [0.2, 0.25) is 0 Å². The smallest absolute Gasteiger partial charge is 0.472 e. The summed E-state index contributed by atoms with van der Waals surface area (Å²) in [5.74, 6) is -2.48. The number of aliphatic hydroxyl groups is 1. The van der Waals surface area contributed by atoms with E-state index in [1.54, 1.807) is 0 Å². The molecule has 0 spiro atoms. The number of ether oxygens (including phenoxy) is 1. The zero-order chi connectivity index (χ0) is 29.4. The highest BCUT2D eigenvalue weighted by Crippen LogP contribution is 2.43. The quantitative estimate of drug-likeness (QED) is 0.0570. The Morgan fingerprint density at radius 1 is 0.744 bits per heavy atom. The Hall–Kier alpha value is -1.52. The van der Waals surface area contributed by atoms with Crippen molar-refractivity contribution in [2.45, 2.75) is 135 Å². The first-order chi connectivity index (χ1) is 18.6. The molecule has 3 unspecified atom stereocenters. The number of unbranched alkanes of at least 4 members (excludes halogenated alkanes) is 14. The number of aliphatic carboxylic acids is 1. The Morgan fingerprint density at radius 3 is 1.67 bits per heavy atom. The first-order valence-corrected chi connectivity index (χ1v) is 16.1. The van der Waals surface area contributed by atoms with Gasteiger partial charge in [-0.3, -0.25) is 18.6 Å². The van der Waals surface area contributed by atoms with E-state index in [0.29, 0.717) is 6.42 Å². The summed E-state index contributed by atoms with van der Waals surface area (Å²) in [6.45, 7) is 1.87. The third-order valence-electron chi connectivity index (χ3n) is 6.21. The van der Waals surface area contributed by atoms with Gasteiger partial charge in [-0.2, -0.15) is 0 Å². The standard InChI is InChI=1S/C27H52NO10P/c1-3-5-6-7-8-9-10-11-12-13-14-15-16-17-18-19-26(31)36-20-23(29)21-37-39(34,35)38-22-24(27(32)33)28-25(30)4-2/h23-24,29H,3-22H2,1-2H3,(H,28,30)(H,32,33)(H,34,35). The first-order valence-electron chi connectivity index (χ1n) is 14.6. The molecule has 3 atom stereocenters. The minimum absolute atomic E-state index is 0.0292. The van der Waals surface area contributed by atoms with Gasteiger partial charge >= 0.3 is 19.8 Å². The molecule has 0 aromatic rings. The predicted octanol–water partition coefficient (Wildman–Crippen LogP) is 5.27. The normalized spacial score (nSPS) is 14.4. The predicted molar refractivity (Wildman–Crippen MR) is 148 cm³/mol. The van der Waals surface area contributed by atoms with Gasteiger partial charge in [-0.25, -0.2) is 9.36 Å². The molecule has 230 valence electrons. The van der Waals surface area contributed by atoms with E-state index in [1.165, 1.54) is 77.6 Å². The van der Waals surface area contributed by atoms with E-state index >= 15 is 0 Å². The zero-order valence-corrected chi connectivity index (χ0v) is 24.8. The van der Waals surface area contributed by atoms with Gasteiger partial charge in [-0.05, 0) is 6.42 Å². The summed E-state index contributed by atoms with van der Waals surface area (Å²) >= 11 is 0. The van der Waals surface area contributed by atoms with Gasteiger partial charge in [0.05, 0.1) is 13.2 Å². The minimum atomic E-state index is -4.70. The summed E-state index contributed by atoms with van der Waals surface area (Å²) in [6.07, 6.45) is 17.3. The van der Waals surface area contributed by atoms with Crippen molar-refractivity contribution in [3.8, 4) is 0 Å². The van der Waals surface area contributed by atoms with Crippen molar-refractivity contribution < 1.29 is 47.8 Å². The van der Waals surface area contributed by atoms with Crippen LogP contribution in [0.5, 0.6) is 0 Å². The summed E-state index contributed by atoms with van der Waals surface area (Å²) in [6, 6.07) is -1.54. The highest BCUT2D eigenvalue weighted by Gasteiger charge is 2.28. The molecule has 1 amide bonds. The van der Waals surface area contributed by atoms with E-state index in [9.17, 15) is 28.9 Å². The number of amides is 1. The average molecular weight is 582 g/mol. The molecule has 0 aromatic carbocycles. The van der Waals surface area contributed by atoms with Gasteiger partial charge in [-0.1, -0.05) is 104 Å². The summed E-state index contributed by atoms with van der Waals surface area (Å²) in [5, 5.41) is 21.0. The fraction of sp³-hybridized carbons (Fsp3) is 0.889. The average Bonchev–Trinajstić information content (AvgIpc) is 2.90. The molecule has 0 bridgehead atoms. The van der Waals surface area contributed by atoms with Crippen molar-refractivity contribution in [3.63, 3.8) is 0 Å². The van der Waals surface area contributed by atoms with E-state index in [0.717, 1.165) is 19.3 Å². The van der Waals surface area contributed by atoms with E-state index in [4.69, 9.17) is 9.84 Å². The van der Waals surface area contributed by atoms with Gasteiger partial charge in [0, 0.05) is 12.8 Å². The van der Waals surface area contributed by atoms with Crippen LogP contribution in [0, 0.1) is 0 Å². The summed E-state index contributed by atoms with van der Waals surface area (Å²) < 4.78 is 26.1. The molecule has 0 radical (unpaired) electrons. The molecular weight excluding hydrogens is 529 g/mol. The summed E-state index contributed by atoms with van der Waals surface area (Å²) in [7, 11) is -4.70. The Morgan fingerprint density at radius 2 is 1.21 bits per heavy atom. The molecule has 11 nitrogen and oxygen atoms in total. The largest absolute Gasteiger partial charge is 0.480 e. The Labute approximate surface area is 234 Å². The van der Waals surface area contributed by atoms with Crippen LogP contribution in [0.1, 0.15) is 123 Å². The van der Waals surface area contributed by atoms with Crippen LogP contribution >= 0.6 is 7.82 Å². The van der Waals surface area contributed by atoms with Crippen LogP contribution in [-0.4, -0.2) is 64.9 Å². The lowest BCUT2D eigenvalue weighted by Crippen LogP contribution is -2.43. The molecule has 0 rings (SSSR count). The van der Waals surface area contributed by atoms with Crippen LogP contribution in [0.25, 0.3) is 0 Å². The number of aliphatic hydroxyl groups excluding tert-OH is 1. The molecule has 0 saturated carbocycles. The molecular formula is C27H52NO10P. The molecule has 4 N–H and O–H groups in total. The number of phosphoric acid groups is 1. The highest BCUT2D eigenvalue weighted by atomic mass is 31.2. The molecule has 0 saturated heterocycles. The number of carboxylic acid groups (broad SMARTS) is 1. The van der Waals surface area contributed by atoms with Crippen molar-refractivity contribution in [1.29, 1.82) is 0 Å². The third kappa shape index (κ3) is 24.0. The zero-order valence-electron chi connectivity index (χ0n) is 23.9. The molecule has 0 aliphatic heterocycles. The van der Waals surface area contributed by atoms with Crippen LogP contribution in [0.3, 0.4) is 0 Å². The second-order valence-electron chi connectivity index (χ2n) is 9.91. The molecule has 12 heteroatoms. The minimum Gasteiger partial charge on any atom is -0.480 e. The van der Waals surface area contributed by atoms with Gasteiger partial charge < -0.3 is 25.2 Å². The van der Waals surface area contributed by atoms with Crippen molar-refractivity contribution in [2.75, 3.05) is 19.8 Å². The third-order valence-corrected chi connectivity index (χ3v) is 7.16. The summed E-state index contributed by atoms with van der Waals surface area (Å²) in [5.41, 5.74) is 0. The number of nitrogens with one attached hydrogen (secondary N) is 1. The summed E-state index contributed by atoms with van der Waals surface area (Å²) in [4.78, 5) is 43.9. The van der Waals surface area contributed by atoms with Crippen LogP contribution in [0.15, 0.2) is 0 Å². The maximum Gasteiger partial charge on any atom is 0.472 e. The molecule has 39 heavy (non-hydrogen) atoms. The monoisotopic (exact) mass is 581 g/mol. The number of rotatable bonds is 27. The maximum atomic E-state index is 11.9. The maximum absolute atomic E-state index is 11.9. The van der Waals surface area contributed by atoms with Gasteiger partial charge in [-0.15, -0.1) is 0 Å². The van der Waals surface area contributed by atoms with Gasteiger partial charge in [0.2, 0.25) is 5.91 Å². The Kier molecular flexibility index (Phi) is 23.3. The number of hydrogen-bond acceptors (Lipinski definition) is 8. The second kappa shape index (κ2) is 24.3. The van der Waals surface area contributed by atoms with Crippen molar-refractivity contribution >= 4 is 25.7 Å². The van der Waals surface area contributed by atoms with Crippen molar-refractivity contribution in [2.24, 2.45) is 0 Å². The van der Waals surface area contributed by atoms with Crippen LogP contribution in [0.4, 0.5) is 0 Å². The molecule has 0 aromatic heterocycles. The first kappa shape index (κ1) is 37.5. The number of carboxylic acids is 1. The lowest BCUT2D eigenvalue weighted by atomic mass is 10.0. The molecule has 0 heterocycles.